The van der Waals surface area contributed by atoms with Crippen LogP contribution in [0.4, 0.5) is 0 Å². The molecule has 1 aliphatic rings. The van der Waals surface area contributed by atoms with Crippen molar-refractivity contribution in [3.63, 3.8) is 0 Å². The Morgan fingerprint density at radius 3 is 3.11 bits per heavy atom. The molecule has 1 fully saturated rings. The number of nitrogens with one attached hydrogen (secondary N) is 1. The van der Waals surface area contributed by atoms with Crippen LogP contribution in [-0.2, 0) is 17.8 Å². The molecule has 0 spiro atoms. The van der Waals surface area contributed by atoms with Gasteiger partial charge in [0, 0.05) is 25.3 Å². The summed E-state index contributed by atoms with van der Waals surface area (Å²) in [4.78, 5) is 2.32. The van der Waals surface area contributed by atoms with Crippen LogP contribution in [0.1, 0.15) is 37.5 Å². The van der Waals surface area contributed by atoms with Gasteiger partial charge < -0.3 is 14.5 Å². The summed E-state index contributed by atoms with van der Waals surface area (Å²) < 4.78 is 11.2. The highest BCUT2D eigenvalue weighted by molar-refractivity contribution is 5.16. The van der Waals surface area contributed by atoms with E-state index in [0.717, 1.165) is 45.0 Å². The molecule has 0 aromatic carbocycles. The van der Waals surface area contributed by atoms with E-state index < -0.39 is 0 Å². The molecule has 0 bridgehead atoms. The molecule has 1 N–H and O–H groups in total. The number of ether oxygens (including phenoxy) is 1. The van der Waals surface area contributed by atoms with Gasteiger partial charge in [-0.2, -0.15) is 0 Å². The van der Waals surface area contributed by atoms with Crippen LogP contribution in [0.15, 0.2) is 16.7 Å². The molecule has 19 heavy (non-hydrogen) atoms. The van der Waals surface area contributed by atoms with Crippen LogP contribution >= 0.6 is 0 Å². The third-order valence-corrected chi connectivity index (χ3v) is 3.53. The standard InChI is InChI=1S/C15H26N2O2/c1-3-7-16-10-15-13(6-9-19-15)11-17(2)12-14-5-4-8-18-14/h6,9,14,16H,3-5,7-8,10-12H2,1-2H3. The van der Waals surface area contributed by atoms with E-state index in [-0.39, 0.29) is 0 Å². The molecule has 108 valence electrons. The lowest BCUT2D eigenvalue weighted by atomic mass is 10.2. The van der Waals surface area contributed by atoms with Crippen molar-refractivity contribution in [2.45, 2.75) is 45.4 Å². The van der Waals surface area contributed by atoms with Crippen LogP contribution in [0.25, 0.3) is 0 Å². The van der Waals surface area contributed by atoms with E-state index in [0.29, 0.717) is 6.10 Å². The Morgan fingerprint density at radius 1 is 1.47 bits per heavy atom. The van der Waals surface area contributed by atoms with E-state index in [9.17, 15) is 0 Å². The molecule has 1 aromatic heterocycles. The molecular formula is C15H26N2O2. The Labute approximate surface area is 116 Å². The first kappa shape index (κ1) is 14.6. The largest absolute Gasteiger partial charge is 0.468 e. The van der Waals surface area contributed by atoms with Crippen LogP contribution < -0.4 is 5.32 Å². The molecule has 4 nitrogen and oxygen atoms in total. The van der Waals surface area contributed by atoms with Gasteiger partial charge in [-0.15, -0.1) is 0 Å². The van der Waals surface area contributed by atoms with Gasteiger partial charge in [0.1, 0.15) is 5.76 Å². The highest BCUT2D eigenvalue weighted by Crippen LogP contribution is 2.16. The van der Waals surface area contributed by atoms with Crippen molar-refractivity contribution in [1.29, 1.82) is 0 Å². The van der Waals surface area contributed by atoms with Crippen LogP contribution in [0.3, 0.4) is 0 Å². The summed E-state index contributed by atoms with van der Waals surface area (Å²) in [5, 5.41) is 3.39. The van der Waals surface area contributed by atoms with Crippen LogP contribution in [-0.4, -0.2) is 37.7 Å². The lowest BCUT2D eigenvalue weighted by Crippen LogP contribution is -2.28. The fourth-order valence-electron chi connectivity index (χ4n) is 2.53. The second-order valence-electron chi connectivity index (χ2n) is 5.38. The quantitative estimate of drug-likeness (QED) is 0.733. The van der Waals surface area contributed by atoms with Gasteiger partial charge in [-0.1, -0.05) is 6.92 Å². The second-order valence-corrected chi connectivity index (χ2v) is 5.38. The fourth-order valence-corrected chi connectivity index (χ4v) is 2.53. The highest BCUT2D eigenvalue weighted by atomic mass is 16.5. The van der Waals surface area contributed by atoms with Crippen molar-refractivity contribution in [3.8, 4) is 0 Å². The summed E-state index contributed by atoms with van der Waals surface area (Å²) in [6.45, 7) is 6.89. The van der Waals surface area contributed by atoms with Crippen LogP contribution in [0.2, 0.25) is 0 Å². The Balaban J connectivity index is 1.78. The van der Waals surface area contributed by atoms with Gasteiger partial charge in [-0.3, -0.25) is 4.90 Å². The maximum absolute atomic E-state index is 5.68. The summed E-state index contributed by atoms with van der Waals surface area (Å²) in [5.74, 6) is 1.06. The number of nitrogens with zero attached hydrogens (tertiary/aromatic N) is 1. The lowest BCUT2D eigenvalue weighted by molar-refractivity contribution is 0.0791. The third-order valence-electron chi connectivity index (χ3n) is 3.53. The number of furan rings is 1. The van der Waals surface area contributed by atoms with Gasteiger partial charge in [0.05, 0.1) is 18.9 Å². The maximum atomic E-state index is 5.68. The molecule has 0 radical (unpaired) electrons. The van der Waals surface area contributed by atoms with Crippen molar-refractivity contribution < 1.29 is 9.15 Å². The zero-order valence-electron chi connectivity index (χ0n) is 12.2. The molecule has 0 amide bonds. The van der Waals surface area contributed by atoms with Crippen molar-refractivity contribution in [2.24, 2.45) is 0 Å². The number of rotatable bonds is 8. The summed E-state index contributed by atoms with van der Waals surface area (Å²) in [5.41, 5.74) is 1.28. The number of hydrogen-bond acceptors (Lipinski definition) is 4. The van der Waals surface area contributed by atoms with Gasteiger partial charge in [0.2, 0.25) is 0 Å². The van der Waals surface area contributed by atoms with Crippen molar-refractivity contribution in [2.75, 3.05) is 26.7 Å². The van der Waals surface area contributed by atoms with E-state index in [1.54, 1.807) is 6.26 Å². The zero-order chi connectivity index (χ0) is 13.5. The van der Waals surface area contributed by atoms with Gasteiger partial charge in [-0.25, -0.2) is 0 Å². The monoisotopic (exact) mass is 266 g/mol. The Hall–Kier alpha value is -0.840. The summed E-state index contributed by atoms with van der Waals surface area (Å²) in [6, 6.07) is 2.08. The maximum Gasteiger partial charge on any atom is 0.122 e. The minimum Gasteiger partial charge on any atom is -0.468 e. The summed E-state index contributed by atoms with van der Waals surface area (Å²) >= 11 is 0. The van der Waals surface area contributed by atoms with Crippen molar-refractivity contribution in [1.82, 2.24) is 10.2 Å². The molecular weight excluding hydrogens is 240 g/mol. The zero-order valence-corrected chi connectivity index (χ0v) is 12.2. The molecule has 0 saturated carbocycles. The lowest BCUT2D eigenvalue weighted by Gasteiger charge is -2.20. The third kappa shape index (κ3) is 4.64. The van der Waals surface area contributed by atoms with Crippen LogP contribution in [0, 0.1) is 0 Å². The van der Waals surface area contributed by atoms with Gasteiger partial charge in [-0.05, 0) is 38.9 Å². The minimum atomic E-state index is 0.415. The molecule has 2 heterocycles. The smallest absolute Gasteiger partial charge is 0.122 e. The first-order chi connectivity index (χ1) is 9.29. The predicted molar refractivity (Wildman–Crippen MR) is 76.0 cm³/mol. The SMILES string of the molecule is CCCNCc1occc1CN(C)CC1CCCO1. The molecule has 4 heteroatoms. The van der Waals surface area contributed by atoms with Crippen LogP contribution in [0.5, 0.6) is 0 Å². The molecule has 1 unspecified atom stereocenters. The van der Waals surface area contributed by atoms with E-state index in [1.807, 2.05) is 0 Å². The topological polar surface area (TPSA) is 37.6 Å². The fraction of sp³-hybridized carbons (Fsp3) is 0.733. The van der Waals surface area contributed by atoms with Gasteiger partial charge >= 0.3 is 0 Å². The number of likely N-dealkylation sites (N-methyl/N-ethyl adjacent to an activating group) is 1. The molecule has 0 aliphatic carbocycles. The van der Waals surface area contributed by atoms with Crippen molar-refractivity contribution >= 4 is 0 Å². The number of hydrogen-bond donors (Lipinski definition) is 1. The molecule has 1 aromatic rings. The van der Waals surface area contributed by atoms with E-state index in [1.165, 1.54) is 18.4 Å². The Kier molecular flexibility index (Phi) is 5.89. The normalized spacial score (nSPS) is 19.4. The first-order valence-electron chi connectivity index (χ1n) is 7.35. The van der Waals surface area contributed by atoms with Gasteiger partial charge in [0.15, 0.2) is 0 Å². The highest BCUT2D eigenvalue weighted by Gasteiger charge is 2.18. The second kappa shape index (κ2) is 7.68. The molecule has 2 rings (SSSR count). The average molecular weight is 266 g/mol. The van der Waals surface area contributed by atoms with E-state index in [2.05, 4.69) is 30.3 Å². The Morgan fingerprint density at radius 2 is 2.37 bits per heavy atom. The molecule has 1 atom stereocenters. The minimum absolute atomic E-state index is 0.415. The summed E-state index contributed by atoms with van der Waals surface area (Å²) in [7, 11) is 2.15. The predicted octanol–water partition coefficient (Wildman–Crippen LogP) is 2.39. The first-order valence-corrected chi connectivity index (χ1v) is 7.35. The Bertz CT molecular complexity index is 359. The van der Waals surface area contributed by atoms with Gasteiger partial charge in [0.25, 0.3) is 0 Å². The molecule has 1 saturated heterocycles. The van der Waals surface area contributed by atoms with Crippen molar-refractivity contribution in [3.05, 3.63) is 23.7 Å². The summed E-state index contributed by atoms with van der Waals surface area (Å²) in [6.07, 6.45) is 5.75. The van der Waals surface area contributed by atoms with E-state index >= 15 is 0 Å². The molecule has 1 aliphatic heterocycles. The van der Waals surface area contributed by atoms with E-state index in [4.69, 9.17) is 9.15 Å². The average Bonchev–Trinajstić information content (AvgIpc) is 3.02.